The van der Waals surface area contributed by atoms with Gasteiger partial charge in [-0.15, -0.1) is 19.7 Å². The zero-order valence-electron chi connectivity index (χ0n) is 47.9. The molecule has 0 saturated heterocycles. The molecule has 1 amide bonds. The number of aromatic hydroxyl groups is 3. The van der Waals surface area contributed by atoms with E-state index in [4.69, 9.17) is 46.1 Å². The summed E-state index contributed by atoms with van der Waals surface area (Å²) in [5.74, 6) is 16.9. The van der Waals surface area contributed by atoms with Crippen LogP contribution in [0.25, 0.3) is 21.7 Å². The number of carbonyl (C=O) groups excluding carboxylic acids is 1. The highest BCUT2D eigenvalue weighted by atomic mass is 35.5. The number of hydrogen-bond acceptors (Lipinski definition) is 21. The Labute approximate surface area is 521 Å². The first-order valence-corrected chi connectivity index (χ1v) is 30.4. The van der Waals surface area contributed by atoms with E-state index < -0.39 is 26.6 Å². The predicted molar refractivity (Wildman–Crippen MR) is 344 cm³/mol. The molecule has 0 radical (unpaired) electrons. The smallest absolute Gasteiger partial charge is 0.286 e. The number of aryl methyl sites for hydroxylation is 1. The number of guanidine groups is 1. The molecule has 12 rings (SSSR count). The molecule has 31 heteroatoms. The molecule has 26 nitrogen and oxygen atoms in total. The second-order valence-electron chi connectivity index (χ2n) is 19.6. The van der Waals surface area contributed by atoms with Gasteiger partial charge in [0.05, 0.1) is 32.7 Å². The number of pyridine rings is 1. The van der Waals surface area contributed by atoms with Gasteiger partial charge in [0.25, 0.3) is 15.9 Å². The summed E-state index contributed by atoms with van der Waals surface area (Å²) in [6, 6.07) is 35.8. The molecule has 0 aliphatic carbocycles. The van der Waals surface area contributed by atoms with Crippen LogP contribution in [0.15, 0.2) is 153 Å². The summed E-state index contributed by atoms with van der Waals surface area (Å²) in [6.07, 6.45) is 4.34. The van der Waals surface area contributed by atoms with Crippen molar-refractivity contribution in [1.29, 1.82) is 5.41 Å². The fourth-order valence-electron chi connectivity index (χ4n) is 9.37. The number of halogens is 3. The van der Waals surface area contributed by atoms with Gasteiger partial charge < -0.3 is 63.2 Å². The molecule has 3 aliphatic heterocycles. The van der Waals surface area contributed by atoms with Gasteiger partial charge in [-0.3, -0.25) is 19.2 Å². The van der Waals surface area contributed by atoms with Crippen molar-refractivity contribution in [3.8, 4) is 17.2 Å². The van der Waals surface area contributed by atoms with Crippen LogP contribution in [0.3, 0.4) is 0 Å². The number of amidine groups is 1. The van der Waals surface area contributed by atoms with Gasteiger partial charge in [-0.25, -0.2) is 21.9 Å². The van der Waals surface area contributed by atoms with E-state index in [0.717, 1.165) is 45.3 Å². The molecule has 6 heterocycles. The number of nitrogens with zero attached hydrogens (tertiary/aromatic N) is 7. The Hall–Kier alpha value is -9.59. The number of phenols is 3. The molecular weight excluding hydrogens is 1230 g/mol. The van der Waals surface area contributed by atoms with Crippen LogP contribution in [-0.2, 0) is 47.3 Å². The van der Waals surface area contributed by atoms with Crippen molar-refractivity contribution in [1.82, 2.24) is 35.2 Å². The van der Waals surface area contributed by atoms with Crippen LogP contribution in [0.4, 0.5) is 27.5 Å². The number of aromatic nitrogens is 5. The van der Waals surface area contributed by atoms with Crippen molar-refractivity contribution in [2.45, 2.75) is 42.0 Å². The molecule has 0 fully saturated rings. The number of nitrogens with one attached hydrogen (secondary N) is 6. The second-order valence-corrected chi connectivity index (χ2v) is 23.3. The van der Waals surface area contributed by atoms with Crippen LogP contribution in [-0.4, -0.2) is 101 Å². The van der Waals surface area contributed by atoms with E-state index in [1.165, 1.54) is 36.7 Å². The van der Waals surface area contributed by atoms with Crippen LogP contribution in [0, 0.1) is 11.2 Å². The highest BCUT2D eigenvalue weighted by molar-refractivity contribution is 7.90. The Bertz CT molecular complexity index is 4240. The van der Waals surface area contributed by atoms with Gasteiger partial charge >= 0.3 is 0 Å². The average Bonchev–Trinajstić information content (AvgIpc) is 2.50. The monoisotopic (exact) mass is 1290 g/mol. The molecule has 6 aromatic carbocycles. The Kier molecular flexibility index (Phi) is 22.8. The predicted octanol–water partition coefficient (Wildman–Crippen LogP) is 6.02. The summed E-state index contributed by atoms with van der Waals surface area (Å²) in [7, 11) is -3.22. The number of rotatable bonds is 6. The minimum atomic E-state index is -3.57. The molecule has 0 spiro atoms. The van der Waals surface area contributed by atoms with Gasteiger partial charge in [0, 0.05) is 78.2 Å². The van der Waals surface area contributed by atoms with Crippen LogP contribution < -0.4 is 61.3 Å². The largest absolute Gasteiger partial charge is 0.508 e. The number of benzene rings is 6. The molecule has 2 unspecified atom stereocenters. The molecular formula is C58H63Cl2FN18O8S2. The first kappa shape index (κ1) is 66.9. The number of hydrazine groups is 3. The third-order valence-electron chi connectivity index (χ3n) is 13.5. The summed E-state index contributed by atoms with van der Waals surface area (Å²) in [5, 5.41) is 59.9. The van der Waals surface area contributed by atoms with Crippen molar-refractivity contribution >= 4 is 107 Å². The van der Waals surface area contributed by atoms with Crippen LogP contribution in [0.1, 0.15) is 51.1 Å². The lowest BCUT2D eigenvalue weighted by atomic mass is 9.87. The number of fused-ring (bicyclic) bond motifs is 5. The molecule has 19 N–H and O–H groups in total. The highest BCUT2D eigenvalue weighted by Crippen LogP contribution is 2.43. The lowest BCUT2D eigenvalue weighted by Crippen LogP contribution is -2.36. The molecule has 3 aliphatic rings. The second kappa shape index (κ2) is 30.4. The Morgan fingerprint density at radius 1 is 0.820 bits per heavy atom. The number of amides is 1. The van der Waals surface area contributed by atoms with E-state index in [9.17, 15) is 41.9 Å². The summed E-state index contributed by atoms with van der Waals surface area (Å²) in [4.78, 5) is 26.5. The van der Waals surface area contributed by atoms with Crippen LogP contribution in [0.5, 0.6) is 17.2 Å². The Morgan fingerprint density at radius 3 is 2.08 bits per heavy atom. The van der Waals surface area contributed by atoms with Gasteiger partial charge in [-0.1, -0.05) is 77.8 Å². The van der Waals surface area contributed by atoms with Crippen molar-refractivity contribution in [3.63, 3.8) is 0 Å². The first-order valence-electron chi connectivity index (χ1n) is 26.6. The minimum absolute atomic E-state index is 0.00657. The zero-order chi connectivity index (χ0) is 64.7. The van der Waals surface area contributed by atoms with Crippen LogP contribution in [0.2, 0.25) is 10.0 Å². The summed E-state index contributed by atoms with van der Waals surface area (Å²) >= 11 is 11.9. The maximum atomic E-state index is 13.0. The van der Waals surface area contributed by atoms with Crippen molar-refractivity contribution in [2.75, 3.05) is 47.5 Å². The quantitative estimate of drug-likeness (QED) is 0.0297. The third-order valence-corrected chi connectivity index (χ3v) is 16.5. The summed E-state index contributed by atoms with van der Waals surface area (Å²) in [6.45, 7) is 4.25. The van der Waals surface area contributed by atoms with E-state index >= 15 is 0 Å². The fraction of sp³-hybridized carbons (Fsp3) is 0.172. The van der Waals surface area contributed by atoms with Crippen molar-refractivity contribution in [3.05, 3.63) is 193 Å². The number of nitrogen functional groups attached to an aromatic ring is 3. The molecule has 466 valence electrons. The number of nitrogens with two attached hydrogens (primary N) is 5. The van der Waals surface area contributed by atoms with Gasteiger partial charge in [-0.05, 0) is 115 Å². The minimum Gasteiger partial charge on any atom is -0.508 e. The van der Waals surface area contributed by atoms with Crippen molar-refractivity contribution in [2.24, 2.45) is 40.4 Å². The van der Waals surface area contributed by atoms with Gasteiger partial charge in [-0.2, -0.15) is 13.5 Å². The topological polar surface area (TPSA) is 432 Å². The van der Waals surface area contributed by atoms with Gasteiger partial charge in [0.2, 0.25) is 5.43 Å². The average molecular weight is 1290 g/mol. The number of phenolic OH excluding ortho intramolecular Hbond substituents is 3. The normalized spacial score (nSPS) is 14.4. The Morgan fingerprint density at radius 2 is 1.46 bits per heavy atom. The van der Waals surface area contributed by atoms with E-state index in [0.29, 0.717) is 82.9 Å². The molecule has 89 heavy (non-hydrogen) atoms. The maximum Gasteiger partial charge on any atom is 0.286 e. The zero-order valence-corrected chi connectivity index (χ0v) is 51.0. The molecule has 0 saturated carbocycles. The number of anilines is 4. The summed E-state index contributed by atoms with van der Waals surface area (Å²) in [5.41, 5.74) is 22.5. The molecule has 3 aromatic heterocycles. The van der Waals surface area contributed by atoms with Gasteiger partial charge in [0.15, 0.2) is 34.9 Å². The standard InChI is InChI=1S/C16H16ClNO3.C14H15N5O.C11H10FNO2S.C8H7ClN2O2S.C8H10N6.CH5N3/c17-15-11-5-6-18-8-13(9-1-3-10(19)4-2-9)12(11)7-14(20)16(15)21;15-16-13-8-11-9-19(7-6-12(11)17-18-13)14(20)10-4-2-1-3-5-10;1-13-6-10(16(2)15)11(14)8-4-3-7(12)5-9(8)13;1-5-10-7-3-2-6(9)4-8(7)14(12,13)11-5;9-11-7-5-3-1-2-4-6(5)8(12-10)14-13-7;2-1(3)4/h1-4,7,13,18-21H,5-6,8H2;1-5,8H,6-7,9,15H2,(H,16,18);3-6H,1-2H3;2-4H,1H3,(H,10,11);1-4H,9-10H2,(H,11,13)(H,12,14);(H5,2,3,4). The number of hydrogen-bond donors (Lipinski definition) is 14. The third kappa shape index (κ3) is 16.9. The van der Waals surface area contributed by atoms with Crippen LogP contribution >= 0.6 is 23.2 Å². The van der Waals surface area contributed by atoms with E-state index in [-0.39, 0.29) is 55.3 Å². The lowest BCUT2D eigenvalue weighted by molar-refractivity contribution is 0.0733. The van der Waals surface area contributed by atoms with Crippen molar-refractivity contribution < 1.29 is 37.1 Å². The SMILES string of the molecule is CC1=NS(=O)(=O)c2cc(Cl)ccc2N1.Cn1cc(S(C)=O)c(=O)c2ccc(F)cc21.N=C(N)N.NNc1cc2c(nn1)CCN(C(=O)c1ccccc1)C2.NNc1nnc(NN)c2ccccc12.Oc1ccc(C2CNCCc3c2cc(O)c(O)c3Cl)cc1. The van der Waals surface area contributed by atoms with E-state index in [1.807, 2.05) is 77.7 Å². The molecule has 9 aromatic rings. The lowest BCUT2D eigenvalue weighted by Gasteiger charge is -2.28. The Balaban J connectivity index is 0.000000157. The summed E-state index contributed by atoms with van der Waals surface area (Å²) < 4.78 is 52.6. The van der Waals surface area contributed by atoms with Gasteiger partial charge in [0.1, 0.15) is 27.2 Å². The fourth-order valence-corrected chi connectivity index (χ4v) is 11.8. The van der Waals surface area contributed by atoms with E-state index in [1.54, 1.807) is 48.9 Å². The highest BCUT2D eigenvalue weighted by Gasteiger charge is 2.27. The molecule has 2 atom stereocenters. The number of carbonyl (C=O) groups is 1. The number of sulfonamides is 1. The first-order chi connectivity index (χ1) is 42.4. The molecule has 0 bridgehead atoms. The maximum absolute atomic E-state index is 13.0. The van der Waals surface area contributed by atoms with E-state index in [2.05, 4.69) is 63.2 Å².